The molecule has 0 spiro atoms. The van der Waals surface area contributed by atoms with Crippen molar-refractivity contribution in [1.82, 2.24) is 4.90 Å². The Kier molecular flexibility index (Phi) is 7.15. The number of piperidine rings is 1. The molecule has 156 valence electrons. The van der Waals surface area contributed by atoms with Crippen LogP contribution in [-0.4, -0.2) is 42.6 Å². The summed E-state index contributed by atoms with van der Waals surface area (Å²) in [5.74, 6) is 1.67. The van der Waals surface area contributed by atoms with E-state index in [0.29, 0.717) is 12.4 Å². The van der Waals surface area contributed by atoms with Gasteiger partial charge in [0.2, 0.25) is 5.91 Å². The van der Waals surface area contributed by atoms with Gasteiger partial charge in [-0.05, 0) is 69.9 Å². The second kappa shape index (κ2) is 9.79. The molecule has 0 aliphatic carbocycles. The number of rotatable bonds is 7. The molecule has 0 saturated carbocycles. The summed E-state index contributed by atoms with van der Waals surface area (Å²) in [6.45, 7) is 10.3. The Bertz CT molecular complexity index is 829. The summed E-state index contributed by atoms with van der Waals surface area (Å²) in [6.07, 6.45) is 2.03. The van der Waals surface area contributed by atoms with Gasteiger partial charge in [0.05, 0.1) is 18.3 Å². The maximum absolute atomic E-state index is 12.8. The van der Waals surface area contributed by atoms with Gasteiger partial charge in [0.1, 0.15) is 17.6 Å². The van der Waals surface area contributed by atoms with E-state index in [-0.39, 0.29) is 18.1 Å². The maximum atomic E-state index is 12.8. The van der Waals surface area contributed by atoms with Crippen molar-refractivity contribution in [1.29, 1.82) is 0 Å². The Labute approximate surface area is 174 Å². The molecule has 3 rings (SSSR count). The molecule has 2 aromatic carbocycles. The van der Waals surface area contributed by atoms with E-state index in [4.69, 9.17) is 9.47 Å². The molecular formula is C24H32N2O3. The normalized spacial score (nSPS) is 16.3. The Hall–Kier alpha value is -2.53. The Morgan fingerprint density at radius 1 is 1.14 bits per heavy atom. The van der Waals surface area contributed by atoms with Gasteiger partial charge in [0.15, 0.2) is 0 Å². The number of carbonyl (C=O) groups excluding carboxylic acids is 1. The van der Waals surface area contributed by atoms with Crippen LogP contribution in [0, 0.1) is 13.8 Å². The summed E-state index contributed by atoms with van der Waals surface area (Å²) in [4.78, 5) is 15.0. The van der Waals surface area contributed by atoms with Gasteiger partial charge in [-0.1, -0.05) is 24.3 Å². The Morgan fingerprint density at radius 3 is 2.59 bits per heavy atom. The Morgan fingerprint density at radius 2 is 1.86 bits per heavy atom. The molecule has 1 N–H and O–H groups in total. The zero-order valence-corrected chi connectivity index (χ0v) is 17.9. The minimum absolute atomic E-state index is 0.00829. The zero-order chi connectivity index (χ0) is 20.8. The number of amides is 1. The van der Waals surface area contributed by atoms with Gasteiger partial charge < -0.3 is 14.8 Å². The van der Waals surface area contributed by atoms with E-state index in [9.17, 15) is 4.79 Å². The van der Waals surface area contributed by atoms with Crippen molar-refractivity contribution < 1.29 is 14.3 Å². The standard InChI is InChI=1S/C24H32N2O3/c1-5-28-22-9-7-6-8-21(22)25-24(27)19(4)26-14-12-20(13-15-26)29-23-16-17(2)10-11-18(23)3/h6-11,16,19-20H,5,12-15H2,1-4H3,(H,25,27). The molecule has 1 fully saturated rings. The van der Waals surface area contributed by atoms with Gasteiger partial charge in [-0.25, -0.2) is 0 Å². The van der Waals surface area contributed by atoms with E-state index in [2.05, 4.69) is 42.3 Å². The molecule has 5 heteroatoms. The molecule has 2 aromatic rings. The topological polar surface area (TPSA) is 50.8 Å². The van der Waals surface area contributed by atoms with Crippen LogP contribution in [0.3, 0.4) is 0 Å². The van der Waals surface area contributed by atoms with Gasteiger partial charge in [-0.2, -0.15) is 0 Å². The molecule has 5 nitrogen and oxygen atoms in total. The number of aryl methyl sites for hydroxylation is 2. The third-order valence-electron chi connectivity index (χ3n) is 5.49. The van der Waals surface area contributed by atoms with E-state index >= 15 is 0 Å². The summed E-state index contributed by atoms with van der Waals surface area (Å²) in [5, 5.41) is 3.02. The number of anilines is 1. The lowest BCUT2D eigenvalue weighted by molar-refractivity contribution is -0.121. The van der Waals surface area contributed by atoms with Gasteiger partial charge in [0.25, 0.3) is 0 Å². The first-order chi connectivity index (χ1) is 14.0. The number of ether oxygens (including phenoxy) is 2. The number of nitrogens with one attached hydrogen (secondary N) is 1. The van der Waals surface area contributed by atoms with Crippen LogP contribution < -0.4 is 14.8 Å². The number of para-hydroxylation sites is 2. The largest absolute Gasteiger partial charge is 0.492 e. The fraction of sp³-hybridized carbons (Fsp3) is 0.458. The first kappa shape index (κ1) is 21.2. The molecule has 0 aromatic heterocycles. The van der Waals surface area contributed by atoms with Crippen molar-refractivity contribution in [2.24, 2.45) is 0 Å². The fourth-order valence-electron chi connectivity index (χ4n) is 3.65. The fourth-order valence-corrected chi connectivity index (χ4v) is 3.65. The van der Waals surface area contributed by atoms with E-state index in [1.807, 2.05) is 38.1 Å². The van der Waals surface area contributed by atoms with Crippen LogP contribution in [0.4, 0.5) is 5.69 Å². The van der Waals surface area contributed by atoms with Crippen LogP contribution in [0.15, 0.2) is 42.5 Å². The number of hydrogen-bond donors (Lipinski definition) is 1. The van der Waals surface area contributed by atoms with E-state index in [0.717, 1.165) is 37.4 Å². The van der Waals surface area contributed by atoms with Crippen LogP contribution in [0.2, 0.25) is 0 Å². The lowest BCUT2D eigenvalue weighted by atomic mass is 10.0. The van der Waals surface area contributed by atoms with Gasteiger partial charge >= 0.3 is 0 Å². The van der Waals surface area contributed by atoms with Gasteiger partial charge in [0, 0.05) is 13.1 Å². The highest BCUT2D eigenvalue weighted by Gasteiger charge is 2.28. The highest BCUT2D eigenvalue weighted by atomic mass is 16.5. The van der Waals surface area contributed by atoms with Crippen LogP contribution in [0.1, 0.15) is 37.8 Å². The van der Waals surface area contributed by atoms with Crippen molar-refractivity contribution in [3.63, 3.8) is 0 Å². The SMILES string of the molecule is CCOc1ccccc1NC(=O)C(C)N1CCC(Oc2cc(C)ccc2C)CC1. The monoisotopic (exact) mass is 396 g/mol. The minimum atomic E-state index is -0.202. The average molecular weight is 397 g/mol. The summed E-state index contributed by atoms with van der Waals surface area (Å²) in [7, 11) is 0. The number of hydrogen-bond acceptors (Lipinski definition) is 4. The van der Waals surface area contributed by atoms with Crippen LogP contribution in [0.25, 0.3) is 0 Å². The summed E-state index contributed by atoms with van der Waals surface area (Å²) in [5.41, 5.74) is 3.10. The third-order valence-corrected chi connectivity index (χ3v) is 5.49. The number of nitrogens with zero attached hydrogens (tertiary/aromatic N) is 1. The zero-order valence-electron chi connectivity index (χ0n) is 17.9. The molecule has 1 unspecified atom stereocenters. The Balaban J connectivity index is 1.53. The number of likely N-dealkylation sites (tertiary alicyclic amines) is 1. The average Bonchev–Trinajstić information content (AvgIpc) is 2.72. The first-order valence-corrected chi connectivity index (χ1v) is 10.5. The molecule has 0 bridgehead atoms. The lowest BCUT2D eigenvalue weighted by Gasteiger charge is -2.35. The number of benzene rings is 2. The second-order valence-corrected chi connectivity index (χ2v) is 7.72. The molecule has 1 saturated heterocycles. The van der Waals surface area contributed by atoms with Crippen molar-refractivity contribution in [2.75, 3.05) is 25.0 Å². The van der Waals surface area contributed by atoms with Crippen LogP contribution >= 0.6 is 0 Å². The summed E-state index contributed by atoms with van der Waals surface area (Å²) in [6, 6.07) is 13.7. The molecule has 0 radical (unpaired) electrons. The molecular weight excluding hydrogens is 364 g/mol. The molecule has 1 amide bonds. The smallest absolute Gasteiger partial charge is 0.241 e. The predicted octanol–water partition coefficient (Wildman–Crippen LogP) is 4.57. The molecule has 1 aliphatic rings. The second-order valence-electron chi connectivity index (χ2n) is 7.72. The molecule has 1 atom stereocenters. The van der Waals surface area contributed by atoms with Crippen molar-refractivity contribution in [3.8, 4) is 11.5 Å². The van der Waals surface area contributed by atoms with Crippen molar-refractivity contribution >= 4 is 11.6 Å². The van der Waals surface area contributed by atoms with Gasteiger partial charge in [-0.15, -0.1) is 0 Å². The van der Waals surface area contributed by atoms with E-state index in [1.165, 1.54) is 11.1 Å². The van der Waals surface area contributed by atoms with Crippen LogP contribution in [0.5, 0.6) is 11.5 Å². The number of carbonyl (C=O) groups is 1. The van der Waals surface area contributed by atoms with Crippen LogP contribution in [-0.2, 0) is 4.79 Å². The van der Waals surface area contributed by atoms with Gasteiger partial charge in [-0.3, -0.25) is 9.69 Å². The first-order valence-electron chi connectivity index (χ1n) is 10.5. The van der Waals surface area contributed by atoms with Crippen molar-refractivity contribution in [3.05, 3.63) is 53.6 Å². The predicted molar refractivity (Wildman–Crippen MR) is 117 cm³/mol. The highest BCUT2D eigenvalue weighted by Crippen LogP contribution is 2.26. The summed E-state index contributed by atoms with van der Waals surface area (Å²) < 4.78 is 11.9. The molecule has 29 heavy (non-hydrogen) atoms. The molecule has 1 aliphatic heterocycles. The van der Waals surface area contributed by atoms with E-state index in [1.54, 1.807) is 0 Å². The highest BCUT2D eigenvalue weighted by molar-refractivity contribution is 5.95. The van der Waals surface area contributed by atoms with Crippen molar-refractivity contribution in [2.45, 2.75) is 52.7 Å². The maximum Gasteiger partial charge on any atom is 0.241 e. The third kappa shape index (κ3) is 5.51. The van der Waals surface area contributed by atoms with E-state index < -0.39 is 0 Å². The molecule has 1 heterocycles. The minimum Gasteiger partial charge on any atom is -0.492 e. The summed E-state index contributed by atoms with van der Waals surface area (Å²) >= 11 is 0. The lowest BCUT2D eigenvalue weighted by Crippen LogP contribution is -2.47. The quantitative estimate of drug-likeness (QED) is 0.745.